The summed E-state index contributed by atoms with van der Waals surface area (Å²) in [5.41, 5.74) is 6.11. The minimum atomic E-state index is -0.279. The number of nitrogens with zero attached hydrogens (tertiary/aromatic N) is 4. The maximum Gasteiger partial charge on any atom is 0.271 e. The van der Waals surface area contributed by atoms with Gasteiger partial charge in [0.25, 0.3) is 5.91 Å². The molecule has 1 fully saturated rings. The molecule has 1 saturated heterocycles. The molecule has 1 aliphatic rings. The fraction of sp³-hybridized carbons (Fsp3) is 0.448. The van der Waals surface area contributed by atoms with Gasteiger partial charge in [0, 0.05) is 50.5 Å². The third-order valence-electron chi connectivity index (χ3n) is 7.18. The second-order valence-corrected chi connectivity index (χ2v) is 9.68. The van der Waals surface area contributed by atoms with E-state index in [2.05, 4.69) is 59.1 Å². The Morgan fingerprint density at radius 1 is 1.00 bits per heavy atom. The van der Waals surface area contributed by atoms with Crippen LogP contribution in [0.25, 0.3) is 5.69 Å². The predicted octanol–water partition coefficient (Wildman–Crippen LogP) is 5.67. The van der Waals surface area contributed by atoms with E-state index in [-0.39, 0.29) is 36.5 Å². The number of anilines is 1. The van der Waals surface area contributed by atoms with E-state index in [4.69, 9.17) is 0 Å². The number of amides is 1. The Balaban J connectivity index is 0.00000253. The van der Waals surface area contributed by atoms with Gasteiger partial charge in [-0.05, 0) is 81.6 Å². The summed E-state index contributed by atoms with van der Waals surface area (Å²) in [6.45, 7) is 14.0. The number of carbonyl (C=O) groups is 1. The first-order chi connectivity index (χ1) is 17.4. The number of halogens is 3. The molecular formula is C29H40Cl2FN5O. The zero-order valence-electron chi connectivity index (χ0n) is 22.8. The topological polar surface area (TPSA) is 53.4 Å². The van der Waals surface area contributed by atoms with Crippen LogP contribution in [0.2, 0.25) is 0 Å². The molecule has 1 aromatic heterocycles. The Morgan fingerprint density at radius 2 is 1.68 bits per heavy atom. The zero-order chi connectivity index (χ0) is 25.7. The lowest BCUT2D eigenvalue weighted by atomic mass is 10.1. The highest BCUT2D eigenvalue weighted by Crippen LogP contribution is 2.24. The van der Waals surface area contributed by atoms with Crippen molar-refractivity contribution in [3.05, 3.63) is 76.6 Å². The van der Waals surface area contributed by atoms with Crippen molar-refractivity contribution in [3.63, 3.8) is 0 Å². The van der Waals surface area contributed by atoms with Crippen molar-refractivity contribution in [3.8, 4) is 5.69 Å². The SMILES string of the molecule is CCCc1nc(C(=O)NCCCN2CCN(c3cccc(C)c3C)CC2)c(C)n1-c1ccc(F)cc1.Cl.Cl. The lowest BCUT2D eigenvalue weighted by Gasteiger charge is -2.37. The fourth-order valence-electron chi connectivity index (χ4n) is 4.98. The summed E-state index contributed by atoms with van der Waals surface area (Å²) >= 11 is 0. The van der Waals surface area contributed by atoms with Crippen molar-refractivity contribution in [1.82, 2.24) is 19.8 Å². The van der Waals surface area contributed by atoms with E-state index in [0.29, 0.717) is 12.2 Å². The fourth-order valence-corrected chi connectivity index (χ4v) is 4.98. The molecule has 1 amide bonds. The average molecular weight is 565 g/mol. The molecular weight excluding hydrogens is 524 g/mol. The first-order valence-electron chi connectivity index (χ1n) is 13.0. The maximum absolute atomic E-state index is 13.4. The Morgan fingerprint density at radius 3 is 2.34 bits per heavy atom. The minimum absolute atomic E-state index is 0. The lowest BCUT2D eigenvalue weighted by Crippen LogP contribution is -2.47. The zero-order valence-corrected chi connectivity index (χ0v) is 24.4. The summed E-state index contributed by atoms with van der Waals surface area (Å²) in [6, 6.07) is 12.9. The molecule has 3 aromatic rings. The van der Waals surface area contributed by atoms with Crippen LogP contribution in [0.4, 0.5) is 10.1 Å². The van der Waals surface area contributed by atoms with Crippen LogP contribution >= 0.6 is 24.8 Å². The van der Waals surface area contributed by atoms with Gasteiger partial charge in [-0.3, -0.25) is 9.69 Å². The summed E-state index contributed by atoms with van der Waals surface area (Å²) in [5.74, 6) is 0.400. The summed E-state index contributed by atoms with van der Waals surface area (Å²) in [5, 5.41) is 3.06. The molecule has 1 aliphatic heterocycles. The van der Waals surface area contributed by atoms with Gasteiger partial charge in [0.2, 0.25) is 0 Å². The van der Waals surface area contributed by atoms with Gasteiger partial charge in [0.1, 0.15) is 17.3 Å². The second kappa shape index (κ2) is 14.5. The monoisotopic (exact) mass is 563 g/mol. The lowest BCUT2D eigenvalue weighted by molar-refractivity contribution is 0.0946. The largest absolute Gasteiger partial charge is 0.369 e. The molecule has 6 nitrogen and oxygen atoms in total. The average Bonchev–Trinajstić information content (AvgIpc) is 3.20. The van der Waals surface area contributed by atoms with Gasteiger partial charge in [-0.25, -0.2) is 9.37 Å². The number of aryl methyl sites for hydroxylation is 2. The predicted molar refractivity (Wildman–Crippen MR) is 158 cm³/mol. The number of piperazine rings is 1. The number of rotatable bonds is 9. The van der Waals surface area contributed by atoms with Gasteiger partial charge >= 0.3 is 0 Å². The van der Waals surface area contributed by atoms with Gasteiger partial charge in [-0.1, -0.05) is 19.1 Å². The van der Waals surface area contributed by atoms with Crippen LogP contribution in [-0.4, -0.2) is 59.6 Å². The van der Waals surface area contributed by atoms with Gasteiger partial charge in [-0.15, -0.1) is 24.8 Å². The third kappa shape index (κ3) is 7.28. The number of carbonyl (C=O) groups excluding carboxylic acids is 1. The number of hydrogen-bond acceptors (Lipinski definition) is 4. The molecule has 208 valence electrons. The Kier molecular flexibility index (Phi) is 12.1. The molecule has 2 heterocycles. The molecule has 0 saturated carbocycles. The van der Waals surface area contributed by atoms with Crippen LogP contribution in [0.3, 0.4) is 0 Å². The van der Waals surface area contributed by atoms with Crippen LogP contribution < -0.4 is 10.2 Å². The van der Waals surface area contributed by atoms with Crippen LogP contribution in [0.1, 0.15) is 52.9 Å². The molecule has 4 rings (SSSR count). The summed E-state index contributed by atoms with van der Waals surface area (Å²) in [6.07, 6.45) is 2.56. The Hall–Kier alpha value is -2.61. The van der Waals surface area contributed by atoms with E-state index < -0.39 is 0 Å². The van der Waals surface area contributed by atoms with Gasteiger partial charge in [0.05, 0.1) is 5.69 Å². The Labute approximate surface area is 238 Å². The Bertz CT molecular complexity index is 1190. The highest BCUT2D eigenvalue weighted by molar-refractivity contribution is 5.93. The van der Waals surface area contributed by atoms with E-state index >= 15 is 0 Å². The van der Waals surface area contributed by atoms with Crippen molar-refractivity contribution in [2.45, 2.75) is 47.0 Å². The highest BCUT2D eigenvalue weighted by atomic mass is 35.5. The summed E-state index contributed by atoms with van der Waals surface area (Å²) in [4.78, 5) is 22.6. The van der Waals surface area contributed by atoms with Crippen LogP contribution in [0, 0.1) is 26.6 Å². The molecule has 1 N–H and O–H groups in total. The molecule has 0 bridgehead atoms. The number of aromatic nitrogens is 2. The van der Waals surface area contributed by atoms with Crippen LogP contribution in [-0.2, 0) is 6.42 Å². The quantitative estimate of drug-likeness (QED) is 0.340. The van der Waals surface area contributed by atoms with Crippen LogP contribution in [0.15, 0.2) is 42.5 Å². The third-order valence-corrected chi connectivity index (χ3v) is 7.18. The smallest absolute Gasteiger partial charge is 0.271 e. The normalized spacial score (nSPS) is 13.6. The number of hydrogen-bond donors (Lipinski definition) is 1. The van der Waals surface area contributed by atoms with Gasteiger partial charge < -0.3 is 14.8 Å². The van der Waals surface area contributed by atoms with Gasteiger partial charge in [-0.2, -0.15) is 0 Å². The standard InChI is InChI=1S/C29H38FN5O.2ClH/c1-5-8-27-32-28(23(4)35(27)25-13-11-24(30)12-14-25)29(36)31-15-7-16-33-17-19-34(20-18-33)26-10-6-9-21(2)22(26)3;;/h6,9-14H,5,7-8,15-20H2,1-4H3,(H,31,36);2*1H. The number of benzene rings is 2. The van der Waals surface area contributed by atoms with Crippen molar-refractivity contribution >= 4 is 36.4 Å². The highest BCUT2D eigenvalue weighted by Gasteiger charge is 2.21. The van der Waals surface area contributed by atoms with Crippen molar-refractivity contribution in [2.75, 3.05) is 44.2 Å². The molecule has 0 radical (unpaired) electrons. The first kappa shape index (κ1) is 31.6. The molecule has 38 heavy (non-hydrogen) atoms. The molecule has 0 aliphatic carbocycles. The van der Waals surface area contributed by atoms with Crippen molar-refractivity contribution in [2.24, 2.45) is 0 Å². The van der Waals surface area contributed by atoms with E-state index in [9.17, 15) is 9.18 Å². The van der Waals surface area contributed by atoms with E-state index in [1.54, 1.807) is 12.1 Å². The molecule has 2 aromatic carbocycles. The van der Waals surface area contributed by atoms with E-state index in [1.807, 2.05) is 11.5 Å². The van der Waals surface area contributed by atoms with Crippen molar-refractivity contribution < 1.29 is 9.18 Å². The first-order valence-corrected chi connectivity index (χ1v) is 13.0. The van der Waals surface area contributed by atoms with Crippen molar-refractivity contribution in [1.29, 1.82) is 0 Å². The molecule has 0 unspecified atom stereocenters. The summed E-state index contributed by atoms with van der Waals surface area (Å²) in [7, 11) is 0. The maximum atomic E-state index is 13.4. The number of nitrogens with one attached hydrogen (secondary N) is 1. The minimum Gasteiger partial charge on any atom is -0.369 e. The number of imidazole rings is 1. The van der Waals surface area contributed by atoms with Crippen LogP contribution in [0.5, 0.6) is 0 Å². The summed E-state index contributed by atoms with van der Waals surface area (Å²) < 4.78 is 15.4. The molecule has 0 spiro atoms. The molecule has 0 atom stereocenters. The molecule has 9 heteroatoms. The van der Waals surface area contributed by atoms with Gasteiger partial charge in [0.15, 0.2) is 0 Å². The van der Waals surface area contributed by atoms with E-state index in [1.165, 1.54) is 28.9 Å². The second-order valence-electron chi connectivity index (χ2n) is 9.68. The van der Waals surface area contributed by atoms with E-state index in [0.717, 1.165) is 69.2 Å².